The number of rotatable bonds is 12. The topological polar surface area (TPSA) is 55.5 Å². The van der Waals surface area contributed by atoms with Crippen LogP contribution in [0.15, 0.2) is 0 Å². The van der Waals surface area contributed by atoms with Gasteiger partial charge in [-0.25, -0.2) is 0 Å². The van der Waals surface area contributed by atoms with Crippen molar-refractivity contribution in [2.75, 3.05) is 6.61 Å². The van der Waals surface area contributed by atoms with Crippen LogP contribution < -0.4 is 5.50 Å². The van der Waals surface area contributed by atoms with Gasteiger partial charge in [0.25, 0.3) is 0 Å². The predicted octanol–water partition coefficient (Wildman–Crippen LogP) is 4.10. The molecule has 1 unspecified atom stereocenters. The summed E-state index contributed by atoms with van der Waals surface area (Å²) in [6, 6.07) is 0. The molecule has 0 aliphatic heterocycles. The Bertz CT molecular complexity index is 134. The number of hydrogen-bond donors (Lipinski definition) is 2. The molecule has 0 aromatic rings. The molecule has 0 bridgehead atoms. The molecule has 0 amide bonds. The molecule has 0 radical (unpaired) electrons. The van der Waals surface area contributed by atoms with Gasteiger partial charge in [-0.15, -0.1) is 0 Å². The summed E-state index contributed by atoms with van der Waals surface area (Å²) < 4.78 is 4.91. The molecule has 4 heteroatoms. The third-order valence-corrected chi connectivity index (χ3v) is 3.17. The maximum Gasteiger partial charge on any atom is 0.250 e. The fraction of sp³-hybridized carbons (Fsp3) is 1.00. The van der Waals surface area contributed by atoms with Crippen molar-refractivity contribution in [3.63, 3.8) is 0 Å². The Morgan fingerprint density at radius 2 is 1.31 bits per heavy atom. The van der Waals surface area contributed by atoms with E-state index in [1.807, 2.05) is 0 Å². The van der Waals surface area contributed by atoms with Crippen LogP contribution in [-0.4, -0.2) is 11.5 Å². The van der Waals surface area contributed by atoms with Gasteiger partial charge in [-0.1, -0.05) is 64.7 Å². The van der Waals surface area contributed by atoms with Crippen molar-refractivity contribution in [2.24, 2.45) is 5.50 Å². The molecule has 0 heterocycles. The van der Waals surface area contributed by atoms with Gasteiger partial charge in [-0.2, -0.15) is 0 Å². The summed E-state index contributed by atoms with van der Waals surface area (Å²) in [7, 11) is -1.64. The number of hydrogen-bond acceptors (Lipinski definition) is 3. The van der Waals surface area contributed by atoms with Gasteiger partial charge >= 0.3 is 0 Å². The summed E-state index contributed by atoms with van der Waals surface area (Å²) in [5.74, 6) is 0. The highest BCUT2D eigenvalue weighted by Gasteiger charge is 1.96. The molecule has 3 nitrogen and oxygen atoms in total. The Balaban J connectivity index is 2.88. The fourth-order valence-electron chi connectivity index (χ4n) is 1.75. The van der Waals surface area contributed by atoms with E-state index in [-0.39, 0.29) is 0 Å². The predicted molar refractivity (Wildman–Crippen MR) is 71.1 cm³/mol. The van der Waals surface area contributed by atoms with E-state index in [4.69, 9.17) is 14.9 Å². The highest BCUT2D eigenvalue weighted by atomic mass is 31.2. The molecule has 0 spiro atoms. The number of unbranched alkanes of at least 4 members (excludes halogenated alkanes) is 9. The van der Waals surface area contributed by atoms with Crippen LogP contribution in [0.3, 0.4) is 0 Å². The summed E-state index contributed by atoms with van der Waals surface area (Å²) in [6.45, 7) is 2.86. The van der Waals surface area contributed by atoms with Crippen LogP contribution in [0.2, 0.25) is 0 Å². The van der Waals surface area contributed by atoms with Crippen LogP contribution >= 0.6 is 8.53 Å². The summed E-state index contributed by atoms with van der Waals surface area (Å²) in [5.41, 5.74) is 5.11. The van der Waals surface area contributed by atoms with E-state index < -0.39 is 8.53 Å². The zero-order chi connectivity index (χ0) is 12.1. The van der Waals surface area contributed by atoms with Crippen molar-refractivity contribution in [3.05, 3.63) is 0 Å². The minimum absolute atomic E-state index is 0.606. The highest BCUT2D eigenvalue weighted by Crippen LogP contribution is 2.20. The van der Waals surface area contributed by atoms with Crippen molar-refractivity contribution in [3.8, 4) is 0 Å². The molecule has 3 N–H and O–H groups in total. The standard InChI is InChI=1S/C12H28NO2P/c1-2-3-4-5-6-7-8-9-10-11-12-15-16(13)14/h14H,2-13H2,1H3. The summed E-state index contributed by atoms with van der Waals surface area (Å²) in [6.07, 6.45) is 13.1. The molecule has 1 atom stereocenters. The third kappa shape index (κ3) is 14.3. The molecule has 0 aliphatic rings. The van der Waals surface area contributed by atoms with E-state index in [0.717, 1.165) is 6.42 Å². The van der Waals surface area contributed by atoms with E-state index in [9.17, 15) is 0 Å². The second-order valence-electron chi connectivity index (χ2n) is 4.32. The average molecular weight is 249 g/mol. The first kappa shape index (κ1) is 16.3. The van der Waals surface area contributed by atoms with Gasteiger partial charge in [0.2, 0.25) is 8.53 Å². The second-order valence-corrected chi connectivity index (χ2v) is 5.18. The maximum atomic E-state index is 8.72. The molecule has 0 aliphatic carbocycles. The first-order valence-electron chi connectivity index (χ1n) is 6.64. The SMILES string of the molecule is CCCCCCCCCCCCOP(N)O. The van der Waals surface area contributed by atoms with Crippen LogP contribution in [-0.2, 0) is 4.52 Å². The Labute approximate surface area is 102 Å². The second kappa shape index (κ2) is 13.4. The van der Waals surface area contributed by atoms with E-state index in [2.05, 4.69) is 6.92 Å². The van der Waals surface area contributed by atoms with Gasteiger partial charge in [0.1, 0.15) is 0 Å². The van der Waals surface area contributed by atoms with Gasteiger partial charge < -0.3 is 9.42 Å². The van der Waals surface area contributed by atoms with E-state index in [1.165, 1.54) is 57.8 Å². The zero-order valence-corrected chi connectivity index (χ0v) is 11.6. The van der Waals surface area contributed by atoms with E-state index >= 15 is 0 Å². The quantitative estimate of drug-likeness (QED) is 0.404. The van der Waals surface area contributed by atoms with Crippen LogP contribution in [0, 0.1) is 0 Å². The van der Waals surface area contributed by atoms with Crippen molar-refractivity contribution >= 4 is 8.53 Å². The highest BCUT2D eigenvalue weighted by molar-refractivity contribution is 7.43. The molecule has 16 heavy (non-hydrogen) atoms. The lowest BCUT2D eigenvalue weighted by molar-refractivity contribution is 0.298. The van der Waals surface area contributed by atoms with Crippen molar-refractivity contribution in [1.29, 1.82) is 0 Å². The summed E-state index contributed by atoms with van der Waals surface area (Å²) in [5, 5.41) is 0. The lowest BCUT2D eigenvalue weighted by Crippen LogP contribution is -1.95. The van der Waals surface area contributed by atoms with Crippen LogP contribution in [0.1, 0.15) is 71.1 Å². The molecule has 0 saturated carbocycles. The lowest BCUT2D eigenvalue weighted by Gasteiger charge is -2.04. The van der Waals surface area contributed by atoms with Crippen LogP contribution in [0.25, 0.3) is 0 Å². The van der Waals surface area contributed by atoms with Gasteiger partial charge in [0, 0.05) is 0 Å². The van der Waals surface area contributed by atoms with Gasteiger partial charge in [-0.05, 0) is 6.42 Å². The largest absolute Gasteiger partial charge is 0.338 e. The normalized spacial score (nSPS) is 12.9. The first-order valence-corrected chi connectivity index (χ1v) is 7.92. The fourth-order valence-corrected chi connectivity index (χ4v) is 2.06. The third-order valence-electron chi connectivity index (χ3n) is 2.72. The molecule has 0 fully saturated rings. The van der Waals surface area contributed by atoms with Crippen molar-refractivity contribution in [1.82, 2.24) is 0 Å². The summed E-state index contributed by atoms with van der Waals surface area (Å²) in [4.78, 5) is 8.72. The molecular weight excluding hydrogens is 221 g/mol. The van der Waals surface area contributed by atoms with Crippen molar-refractivity contribution < 1.29 is 9.42 Å². The van der Waals surface area contributed by atoms with Crippen LogP contribution in [0.4, 0.5) is 0 Å². The Morgan fingerprint density at radius 1 is 0.875 bits per heavy atom. The van der Waals surface area contributed by atoms with Gasteiger partial charge in [0.15, 0.2) is 0 Å². The number of nitrogens with two attached hydrogens (primary N) is 1. The van der Waals surface area contributed by atoms with Crippen molar-refractivity contribution in [2.45, 2.75) is 71.1 Å². The lowest BCUT2D eigenvalue weighted by atomic mass is 10.1. The first-order chi connectivity index (χ1) is 7.77. The van der Waals surface area contributed by atoms with Crippen LogP contribution in [0.5, 0.6) is 0 Å². The Hall–Kier alpha value is 0.310. The zero-order valence-electron chi connectivity index (χ0n) is 10.7. The smallest absolute Gasteiger partial charge is 0.250 e. The minimum Gasteiger partial charge on any atom is -0.338 e. The van der Waals surface area contributed by atoms with Gasteiger partial charge in [-0.3, -0.25) is 5.50 Å². The molecule has 0 aromatic carbocycles. The Kier molecular flexibility index (Phi) is 13.6. The summed E-state index contributed by atoms with van der Waals surface area (Å²) >= 11 is 0. The minimum atomic E-state index is -1.64. The molecule has 98 valence electrons. The van der Waals surface area contributed by atoms with E-state index in [1.54, 1.807) is 0 Å². The molecule has 0 rings (SSSR count). The molecule has 0 aromatic heterocycles. The van der Waals surface area contributed by atoms with E-state index in [0.29, 0.717) is 6.61 Å². The monoisotopic (exact) mass is 249 g/mol. The Morgan fingerprint density at radius 3 is 1.75 bits per heavy atom. The maximum absolute atomic E-state index is 8.72. The molecular formula is C12H28NO2P. The van der Waals surface area contributed by atoms with Gasteiger partial charge in [0.05, 0.1) is 6.61 Å². The molecule has 0 saturated heterocycles. The average Bonchev–Trinajstić information content (AvgIpc) is 2.25.